The van der Waals surface area contributed by atoms with Crippen molar-refractivity contribution in [2.45, 2.75) is 33.1 Å². The van der Waals surface area contributed by atoms with Crippen molar-refractivity contribution >= 4 is 23.2 Å². The van der Waals surface area contributed by atoms with E-state index in [2.05, 4.69) is 45.9 Å². The maximum absolute atomic E-state index is 6.44. The molecule has 2 atom stereocenters. The quantitative estimate of drug-likeness (QED) is 0.633. The molecule has 0 saturated heterocycles. The van der Waals surface area contributed by atoms with Crippen LogP contribution in [0.1, 0.15) is 30.5 Å². The third kappa shape index (κ3) is 2.13. The van der Waals surface area contributed by atoms with Gasteiger partial charge in [0.05, 0.1) is 0 Å². The van der Waals surface area contributed by atoms with Gasteiger partial charge in [-0.1, -0.05) is 55.3 Å². The van der Waals surface area contributed by atoms with Crippen molar-refractivity contribution in [3.63, 3.8) is 0 Å². The fourth-order valence-electron chi connectivity index (χ4n) is 2.63. The van der Waals surface area contributed by atoms with Crippen molar-refractivity contribution in [2.24, 2.45) is 5.92 Å². The van der Waals surface area contributed by atoms with Crippen LogP contribution in [-0.2, 0) is 5.41 Å². The van der Waals surface area contributed by atoms with Crippen LogP contribution in [0, 0.1) is 19.8 Å². The van der Waals surface area contributed by atoms with Gasteiger partial charge in [-0.15, -0.1) is 0 Å². The Labute approximate surface area is 119 Å². The first kappa shape index (κ1) is 13.7. The van der Waals surface area contributed by atoms with Crippen LogP contribution in [0.2, 0.25) is 5.02 Å². The van der Waals surface area contributed by atoms with Gasteiger partial charge in [-0.25, -0.2) is 0 Å². The molecule has 0 bridgehead atoms. The summed E-state index contributed by atoms with van der Waals surface area (Å²) in [6.07, 6.45) is 6.24. The summed E-state index contributed by atoms with van der Waals surface area (Å²) in [5, 5.41) is 1.64. The fraction of sp³-hybridized carbons (Fsp3) is 0.375. The lowest BCUT2D eigenvalue weighted by Crippen LogP contribution is -2.30. The van der Waals surface area contributed by atoms with E-state index < -0.39 is 0 Å². The van der Waals surface area contributed by atoms with E-state index in [1.807, 2.05) is 12.1 Å². The van der Waals surface area contributed by atoms with E-state index in [9.17, 15) is 0 Å². The Morgan fingerprint density at radius 2 is 1.83 bits per heavy atom. The summed E-state index contributed by atoms with van der Waals surface area (Å²) >= 11 is 12.5. The minimum atomic E-state index is -0.0917. The molecular formula is C16H18Cl2. The Kier molecular flexibility index (Phi) is 3.62. The second-order valence-corrected chi connectivity index (χ2v) is 6.16. The van der Waals surface area contributed by atoms with E-state index in [0.29, 0.717) is 5.92 Å². The van der Waals surface area contributed by atoms with Crippen molar-refractivity contribution in [2.75, 3.05) is 0 Å². The molecule has 0 fully saturated rings. The molecule has 1 aliphatic carbocycles. The number of benzene rings is 1. The molecule has 0 saturated carbocycles. The molecule has 96 valence electrons. The molecular weight excluding hydrogens is 263 g/mol. The molecule has 18 heavy (non-hydrogen) atoms. The van der Waals surface area contributed by atoms with E-state index in [-0.39, 0.29) is 5.41 Å². The summed E-state index contributed by atoms with van der Waals surface area (Å²) in [7, 11) is 0. The molecule has 0 amide bonds. The lowest BCUT2D eigenvalue weighted by molar-refractivity contribution is 0.454. The SMILES string of the molecule is Cc1ccc(Cl)c(C2(C)C=CC(Cl)=CC2C)c1C. The predicted octanol–water partition coefficient (Wildman–Crippen LogP) is 5.54. The van der Waals surface area contributed by atoms with Crippen LogP contribution in [0.15, 0.2) is 35.4 Å². The minimum absolute atomic E-state index is 0.0917. The monoisotopic (exact) mass is 280 g/mol. The molecule has 0 aliphatic heterocycles. The van der Waals surface area contributed by atoms with Gasteiger partial charge in [0.2, 0.25) is 0 Å². The molecule has 1 aromatic rings. The van der Waals surface area contributed by atoms with Crippen molar-refractivity contribution in [1.29, 1.82) is 0 Å². The first-order valence-corrected chi connectivity index (χ1v) is 6.94. The highest BCUT2D eigenvalue weighted by atomic mass is 35.5. The summed E-state index contributed by atoms with van der Waals surface area (Å²) in [4.78, 5) is 0. The molecule has 0 N–H and O–H groups in total. The first-order valence-electron chi connectivity index (χ1n) is 6.19. The molecule has 0 nitrogen and oxygen atoms in total. The number of rotatable bonds is 1. The zero-order chi connectivity index (χ0) is 13.5. The second-order valence-electron chi connectivity index (χ2n) is 5.32. The van der Waals surface area contributed by atoms with Crippen LogP contribution >= 0.6 is 23.2 Å². The topological polar surface area (TPSA) is 0 Å². The minimum Gasteiger partial charge on any atom is -0.0847 e. The number of aryl methyl sites for hydroxylation is 1. The normalized spacial score (nSPS) is 27.2. The van der Waals surface area contributed by atoms with Crippen LogP contribution in [0.25, 0.3) is 0 Å². The van der Waals surface area contributed by atoms with Crippen LogP contribution in [0.4, 0.5) is 0 Å². The second kappa shape index (κ2) is 4.75. The summed E-state index contributed by atoms with van der Waals surface area (Å²) in [5.41, 5.74) is 3.67. The molecule has 1 aromatic carbocycles. The Morgan fingerprint density at radius 3 is 2.44 bits per heavy atom. The summed E-state index contributed by atoms with van der Waals surface area (Å²) in [5.74, 6) is 0.327. The third-order valence-corrected chi connectivity index (χ3v) is 4.73. The Balaban J connectivity index is 2.63. The standard InChI is InChI=1S/C16H18Cl2/c1-10-5-6-14(18)15(12(10)3)16(4)8-7-13(17)9-11(16)2/h5-9,11H,1-4H3. The van der Waals surface area contributed by atoms with Crippen molar-refractivity contribution in [3.05, 3.63) is 57.1 Å². The molecule has 2 unspecified atom stereocenters. The number of halogens is 2. The van der Waals surface area contributed by atoms with Crippen LogP contribution in [0.5, 0.6) is 0 Å². The van der Waals surface area contributed by atoms with Crippen LogP contribution < -0.4 is 0 Å². The molecule has 0 spiro atoms. The largest absolute Gasteiger partial charge is 0.0847 e. The zero-order valence-electron chi connectivity index (χ0n) is 11.2. The van der Waals surface area contributed by atoms with Crippen molar-refractivity contribution < 1.29 is 0 Å². The van der Waals surface area contributed by atoms with Gasteiger partial charge in [0.25, 0.3) is 0 Å². The van der Waals surface area contributed by atoms with Crippen molar-refractivity contribution in [3.8, 4) is 0 Å². The van der Waals surface area contributed by atoms with Gasteiger partial charge in [0.15, 0.2) is 0 Å². The van der Waals surface area contributed by atoms with Gasteiger partial charge in [-0.05, 0) is 48.6 Å². The fourth-order valence-corrected chi connectivity index (χ4v) is 3.29. The van der Waals surface area contributed by atoms with E-state index >= 15 is 0 Å². The number of hydrogen-bond acceptors (Lipinski definition) is 0. The molecule has 2 rings (SSSR count). The lowest BCUT2D eigenvalue weighted by Gasteiger charge is -2.36. The molecule has 0 radical (unpaired) electrons. The first-order chi connectivity index (χ1) is 8.36. The van der Waals surface area contributed by atoms with Gasteiger partial charge in [-0.2, -0.15) is 0 Å². The zero-order valence-corrected chi connectivity index (χ0v) is 12.7. The summed E-state index contributed by atoms with van der Waals surface area (Å²) in [6.45, 7) is 8.67. The number of hydrogen-bond donors (Lipinski definition) is 0. The average molecular weight is 281 g/mol. The predicted molar refractivity (Wildman–Crippen MR) is 80.5 cm³/mol. The number of allylic oxidation sites excluding steroid dienone is 4. The van der Waals surface area contributed by atoms with Gasteiger partial charge in [0, 0.05) is 15.5 Å². The van der Waals surface area contributed by atoms with Gasteiger partial charge in [0.1, 0.15) is 0 Å². The van der Waals surface area contributed by atoms with Gasteiger partial charge in [-0.3, -0.25) is 0 Å². The van der Waals surface area contributed by atoms with E-state index in [1.165, 1.54) is 16.7 Å². The third-order valence-electron chi connectivity index (χ3n) is 4.17. The molecule has 2 heteroatoms. The molecule has 1 aliphatic rings. The molecule has 0 heterocycles. The Hall–Kier alpha value is -0.720. The van der Waals surface area contributed by atoms with Crippen LogP contribution in [-0.4, -0.2) is 0 Å². The lowest BCUT2D eigenvalue weighted by atomic mass is 9.68. The average Bonchev–Trinajstić information content (AvgIpc) is 2.30. The summed E-state index contributed by atoms with van der Waals surface area (Å²) < 4.78 is 0. The van der Waals surface area contributed by atoms with Crippen molar-refractivity contribution in [1.82, 2.24) is 0 Å². The van der Waals surface area contributed by atoms with Gasteiger partial charge < -0.3 is 0 Å². The smallest absolute Gasteiger partial charge is 0.0449 e. The summed E-state index contributed by atoms with van der Waals surface area (Å²) in [6, 6.07) is 4.06. The highest BCUT2D eigenvalue weighted by molar-refractivity contribution is 6.32. The highest BCUT2D eigenvalue weighted by Crippen LogP contribution is 2.43. The Morgan fingerprint density at radius 1 is 1.17 bits per heavy atom. The Bertz CT molecular complexity index is 540. The highest BCUT2D eigenvalue weighted by Gasteiger charge is 2.34. The van der Waals surface area contributed by atoms with E-state index in [0.717, 1.165) is 10.1 Å². The maximum atomic E-state index is 6.44. The van der Waals surface area contributed by atoms with E-state index in [4.69, 9.17) is 23.2 Å². The van der Waals surface area contributed by atoms with E-state index in [1.54, 1.807) is 0 Å². The maximum Gasteiger partial charge on any atom is 0.0449 e. The van der Waals surface area contributed by atoms with Crippen LogP contribution in [0.3, 0.4) is 0 Å². The van der Waals surface area contributed by atoms with Gasteiger partial charge >= 0.3 is 0 Å². The molecule has 0 aromatic heterocycles.